The van der Waals surface area contributed by atoms with Gasteiger partial charge in [-0.1, -0.05) is 47.5 Å². The van der Waals surface area contributed by atoms with Crippen LogP contribution in [0.1, 0.15) is 27.4 Å². The van der Waals surface area contributed by atoms with Gasteiger partial charge in [-0.15, -0.1) is 0 Å². The molecule has 2 nitrogen and oxygen atoms in total. The highest BCUT2D eigenvalue weighted by Gasteiger charge is 2.39. The Kier molecular flexibility index (Phi) is 6.37. The summed E-state index contributed by atoms with van der Waals surface area (Å²) in [6.07, 6.45) is -2.09. The van der Waals surface area contributed by atoms with Crippen LogP contribution in [-0.4, -0.2) is 31.1 Å². The van der Waals surface area contributed by atoms with Gasteiger partial charge in [0.2, 0.25) is 0 Å². The second kappa shape index (κ2) is 8.14. The molecule has 0 saturated carbocycles. The standard InChI is InChI=1S/C19H16Cl2F3NO/c1-25(2)18(26)13-6-3-12(4-7-13)5-8-17(19(22,23)24)14-9-15(20)11-16(21)10-14/h3-11,17H,1-2H3/b8-5+. The summed E-state index contributed by atoms with van der Waals surface area (Å²) in [5.74, 6) is -2.02. The van der Waals surface area contributed by atoms with Crippen molar-refractivity contribution >= 4 is 35.2 Å². The van der Waals surface area contributed by atoms with Crippen molar-refractivity contribution < 1.29 is 18.0 Å². The average Bonchev–Trinajstić information content (AvgIpc) is 2.52. The fraction of sp³-hybridized carbons (Fsp3) is 0.211. The Morgan fingerprint density at radius 1 is 1.04 bits per heavy atom. The third kappa shape index (κ3) is 5.26. The molecule has 0 spiro atoms. The number of carbonyl (C=O) groups is 1. The lowest BCUT2D eigenvalue weighted by molar-refractivity contribution is -0.139. The van der Waals surface area contributed by atoms with E-state index in [1.54, 1.807) is 38.4 Å². The van der Waals surface area contributed by atoms with E-state index in [0.29, 0.717) is 11.1 Å². The van der Waals surface area contributed by atoms with E-state index in [4.69, 9.17) is 23.2 Å². The van der Waals surface area contributed by atoms with Gasteiger partial charge in [-0.3, -0.25) is 4.79 Å². The minimum atomic E-state index is -4.49. The van der Waals surface area contributed by atoms with Crippen molar-refractivity contribution in [3.63, 3.8) is 0 Å². The van der Waals surface area contributed by atoms with Crippen LogP contribution in [0.3, 0.4) is 0 Å². The first-order valence-corrected chi connectivity index (χ1v) is 8.36. The number of amides is 1. The van der Waals surface area contributed by atoms with Crippen LogP contribution >= 0.6 is 23.2 Å². The average molecular weight is 402 g/mol. The number of hydrogen-bond acceptors (Lipinski definition) is 1. The lowest BCUT2D eigenvalue weighted by Gasteiger charge is -2.18. The molecule has 2 aromatic carbocycles. The Morgan fingerprint density at radius 3 is 2.04 bits per heavy atom. The second-order valence-electron chi connectivity index (χ2n) is 5.90. The van der Waals surface area contributed by atoms with Crippen LogP contribution < -0.4 is 0 Å². The van der Waals surface area contributed by atoms with Crippen LogP contribution in [0.5, 0.6) is 0 Å². The molecule has 138 valence electrons. The molecular weight excluding hydrogens is 386 g/mol. The van der Waals surface area contributed by atoms with Crippen LogP contribution in [0.15, 0.2) is 48.5 Å². The van der Waals surface area contributed by atoms with Gasteiger partial charge < -0.3 is 4.90 Å². The van der Waals surface area contributed by atoms with Gasteiger partial charge in [-0.2, -0.15) is 13.2 Å². The van der Waals surface area contributed by atoms with E-state index >= 15 is 0 Å². The Hall–Kier alpha value is -1.98. The van der Waals surface area contributed by atoms with Gasteiger partial charge in [-0.05, 0) is 41.5 Å². The number of rotatable bonds is 4. The van der Waals surface area contributed by atoms with Crippen molar-refractivity contribution in [1.29, 1.82) is 0 Å². The molecular formula is C19H16Cl2F3NO. The molecule has 0 heterocycles. The normalized spacial score (nSPS) is 13.0. The number of hydrogen-bond donors (Lipinski definition) is 0. The largest absolute Gasteiger partial charge is 0.399 e. The van der Waals surface area contributed by atoms with E-state index in [1.165, 1.54) is 29.2 Å². The van der Waals surface area contributed by atoms with E-state index < -0.39 is 12.1 Å². The van der Waals surface area contributed by atoms with Crippen LogP contribution in [0, 0.1) is 0 Å². The Labute approximate surface area is 159 Å². The molecule has 0 aliphatic rings. The molecule has 0 radical (unpaired) electrons. The maximum atomic E-state index is 13.4. The molecule has 0 bridgehead atoms. The molecule has 1 amide bonds. The third-order valence-corrected chi connectivity index (χ3v) is 4.08. The summed E-state index contributed by atoms with van der Waals surface area (Å²) in [7, 11) is 3.25. The summed E-state index contributed by atoms with van der Waals surface area (Å²) < 4.78 is 40.3. The first kappa shape index (κ1) is 20.3. The molecule has 1 atom stereocenters. The van der Waals surface area contributed by atoms with Gasteiger partial charge in [0.25, 0.3) is 5.91 Å². The predicted molar refractivity (Wildman–Crippen MR) is 98.8 cm³/mol. The van der Waals surface area contributed by atoms with Gasteiger partial charge in [0.1, 0.15) is 0 Å². The second-order valence-corrected chi connectivity index (χ2v) is 6.78. The van der Waals surface area contributed by atoms with Gasteiger partial charge in [-0.25, -0.2) is 0 Å². The monoisotopic (exact) mass is 401 g/mol. The summed E-state index contributed by atoms with van der Waals surface area (Å²) in [6.45, 7) is 0. The Morgan fingerprint density at radius 2 is 1.58 bits per heavy atom. The molecule has 0 fully saturated rings. The number of carbonyl (C=O) groups excluding carboxylic acids is 1. The molecule has 7 heteroatoms. The molecule has 26 heavy (non-hydrogen) atoms. The number of halogens is 5. The Bertz CT molecular complexity index is 794. The number of allylic oxidation sites excluding steroid dienone is 1. The number of alkyl halides is 3. The van der Waals surface area contributed by atoms with Crippen molar-refractivity contribution in [1.82, 2.24) is 4.90 Å². The highest BCUT2D eigenvalue weighted by Crippen LogP contribution is 2.38. The highest BCUT2D eigenvalue weighted by atomic mass is 35.5. The topological polar surface area (TPSA) is 20.3 Å². The van der Waals surface area contributed by atoms with E-state index in [1.807, 2.05) is 0 Å². The minimum absolute atomic E-state index is 0.0364. The maximum Gasteiger partial charge on any atom is 0.399 e. The zero-order chi connectivity index (χ0) is 19.5. The maximum absolute atomic E-state index is 13.4. The van der Waals surface area contributed by atoms with E-state index in [2.05, 4.69) is 0 Å². The molecule has 0 aliphatic heterocycles. The van der Waals surface area contributed by atoms with Gasteiger partial charge in [0, 0.05) is 29.7 Å². The highest BCUT2D eigenvalue weighted by molar-refractivity contribution is 6.34. The van der Waals surface area contributed by atoms with Gasteiger partial charge in [0.15, 0.2) is 0 Å². The van der Waals surface area contributed by atoms with E-state index in [-0.39, 0.29) is 21.5 Å². The fourth-order valence-corrected chi connectivity index (χ4v) is 2.91. The summed E-state index contributed by atoms with van der Waals surface area (Å²) in [6, 6.07) is 10.2. The quantitative estimate of drug-likeness (QED) is 0.609. The zero-order valence-electron chi connectivity index (χ0n) is 14.0. The van der Waals surface area contributed by atoms with Crippen LogP contribution in [0.2, 0.25) is 10.0 Å². The fourth-order valence-electron chi connectivity index (χ4n) is 2.37. The van der Waals surface area contributed by atoms with Gasteiger partial charge in [0.05, 0.1) is 5.92 Å². The number of benzene rings is 2. The van der Waals surface area contributed by atoms with E-state index in [0.717, 1.165) is 6.08 Å². The molecule has 0 saturated heterocycles. The van der Waals surface area contributed by atoms with Crippen molar-refractivity contribution in [3.8, 4) is 0 Å². The molecule has 1 unspecified atom stereocenters. The van der Waals surface area contributed by atoms with Crippen LogP contribution in [0.25, 0.3) is 6.08 Å². The van der Waals surface area contributed by atoms with Gasteiger partial charge >= 0.3 is 6.18 Å². The van der Waals surface area contributed by atoms with Crippen molar-refractivity contribution in [2.24, 2.45) is 0 Å². The molecule has 2 rings (SSSR count). The summed E-state index contributed by atoms with van der Waals surface area (Å²) >= 11 is 11.6. The zero-order valence-corrected chi connectivity index (χ0v) is 15.5. The molecule has 0 N–H and O–H groups in total. The van der Waals surface area contributed by atoms with Crippen molar-refractivity contribution in [2.75, 3.05) is 14.1 Å². The summed E-state index contributed by atoms with van der Waals surface area (Å²) in [5.41, 5.74) is 0.967. The minimum Gasteiger partial charge on any atom is -0.345 e. The SMILES string of the molecule is CN(C)C(=O)c1ccc(/C=C/C(c2cc(Cl)cc(Cl)c2)C(F)(F)F)cc1. The number of nitrogens with zero attached hydrogens (tertiary/aromatic N) is 1. The predicted octanol–water partition coefficient (Wildman–Crippen LogP) is 6.05. The first-order chi connectivity index (χ1) is 12.1. The van der Waals surface area contributed by atoms with Crippen LogP contribution in [-0.2, 0) is 0 Å². The van der Waals surface area contributed by atoms with Crippen molar-refractivity contribution in [2.45, 2.75) is 12.1 Å². The van der Waals surface area contributed by atoms with E-state index in [9.17, 15) is 18.0 Å². The molecule has 2 aromatic rings. The molecule has 0 aliphatic carbocycles. The Balaban J connectivity index is 2.30. The third-order valence-electron chi connectivity index (χ3n) is 3.64. The van der Waals surface area contributed by atoms with Crippen LogP contribution in [0.4, 0.5) is 13.2 Å². The first-order valence-electron chi connectivity index (χ1n) is 7.60. The smallest absolute Gasteiger partial charge is 0.345 e. The molecule has 0 aromatic heterocycles. The lowest BCUT2D eigenvalue weighted by atomic mass is 9.97. The van der Waals surface area contributed by atoms with Crippen molar-refractivity contribution in [3.05, 3.63) is 75.3 Å². The summed E-state index contributed by atoms with van der Waals surface area (Å²) in [4.78, 5) is 13.3. The lowest BCUT2D eigenvalue weighted by Crippen LogP contribution is -2.21. The summed E-state index contributed by atoms with van der Waals surface area (Å²) in [5, 5.41) is 0.281.